The second-order valence-electron chi connectivity index (χ2n) is 9.69. The lowest BCUT2D eigenvalue weighted by molar-refractivity contribution is -0.138. The number of carboxylic acid groups (broad SMARTS) is 1. The molecule has 1 atom stereocenters. The highest BCUT2D eigenvalue weighted by atomic mass is 35.5. The zero-order valence-electron chi connectivity index (χ0n) is 21.1. The zero-order valence-corrected chi connectivity index (χ0v) is 21.9. The SMILES string of the molecule is Cc1cc(CN(CC2CC2)[C@@H](CC(=O)O)c2ccc(Cl)cc2)ccc1OCCn1c(=O)ccn(C)c1=O. The summed E-state index contributed by atoms with van der Waals surface area (Å²) in [5.74, 6) is 0.424. The summed E-state index contributed by atoms with van der Waals surface area (Å²) >= 11 is 6.08. The maximum Gasteiger partial charge on any atom is 0.330 e. The number of aromatic nitrogens is 2. The van der Waals surface area contributed by atoms with E-state index in [9.17, 15) is 19.5 Å². The van der Waals surface area contributed by atoms with E-state index in [1.54, 1.807) is 19.2 Å². The fourth-order valence-electron chi connectivity index (χ4n) is 4.52. The Bertz CT molecular complexity index is 1360. The van der Waals surface area contributed by atoms with Crippen LogP contribution in [0.1, 0.15) is 42.0 Å². The van der Waals surface area contributed by atoms with E-state index in [-0.39, 0.29) is 36.9 Å². The molecule has 8 nitrogen and oxygen atoms in total. The van der Waals surface area contributed by atoms with E-state index in [1.807, 2.05) is 37.3 Å². The molecular formula is C28H32ClN3O5. The lowest BCUT2D eigenvalue weighted by Crippen LogP contribution is -2.39. The average Bonchev–Trinajstić information content (AvgIpc) is 3.68. The van der Waals surface area contributed by atoms with Gasteiger partial charge in [-0.2, -0.15) is 0 Å². The Balaban J connectivity index is 1.48. The van der Waals surface area contributed by atoms with Gasteiger partial charge in [-0.3, -0.25) is 19.1 Å². The molecule has 196 valence electrons. The highest BCUT2D eigenvalue weighted by Crippen LogP contribution is 2.35. The molecule has 1 heterocycles. The smallest absolute Gasteiger partial charge is 0.330 e. The molecule has 0 radical (unpaired) electrons. The Kier molecular flexibility index (Phi) is 8.51. The van der Waals surface area contributed by atoms with Crippen molar-refractivity contribution >= 4 is 17.6 Å². The Hall–Kier alpha value is -3.36. The minimum Gasteiger partial charge on any atom is -0.491 e. The van der Waals surface area contributed by atoms with Crippen LogP contribution in [0.5, 0.6) is 5.75 Å². The molecule has 0 amide bonds. The summed E-state index contributed by atoms with van der Waals surface area (Å²) in [7, 11) is 1.60. The van der Waals surface area contributed by atoms with Crippen LogP contribution in [-0.2, 0) is 24.9 Å². The molecule has 0 bridgehead atoms. The van der Waals surface area contributed by atoms with E-state index in [0.29, 0.717) is 23.2 Å². The van der Waals surface area contributed by atoms with Crippen molar-refractivity contribution in [2.75, 3.05) is 13.2 Å². The van der Waals surface area contributed by atoms with Gasteiger partial charge in [-0.25, -0.2) is 4.79 Å². The van der Waals surface area contributed by atoms with Gasteiger partial charge in [0.05, 0.1) is 13.0 Å². The highest BCUT2D eigenvalue weighted by molar-refractivity contribution is 6.30. The monoisotopic (exact) mass is 525 g/mol. The molecule has 3 aromatic rings. The number of rotatable bonds is 12. The van der Waals surface area contributed by atoms with Crippen LogP contribution in [0, 0.1) is 12.8 Å². The lowest BCUT2D eigenvalue weighted by atomic mass is 10.00. The van der Waals surface area contributed by atoms with E-state index >= 15 is 0 Å². The van der Waals surface area contributed by atoms with Crippen molar-refractivity contribution in [1.82, 2.24) is 14.0 Å². The van der Waals surface area contributed by atoms with Crippen LogP contribution in [0.2, 0.25) is 5.02 Å². The van der Waals surface area contributed by atoms with Crippen LogP contribution >= 0.6 is 11.6 Å². The van der Waals surface area contributed by atoms with Crippen LogP contribution in [0.25, 0.3) is 0 Å². The number of hydrogen-bond acceptors (Lipinski definition) is 5. The maximum absolute atomic E-state index is 12.2. The first-order valence-electron chi connectivity index (χ1n) is 12.4. The van der Waals surface area contributed by atoms with Crippen LogP contribution in [-0.4, -0.2) is 38.3 Å². The molecule has 1 aromatic heterocycles. The van der Waals surface area contributed by atoms with Crippen LogP contribution in [0.4, 0.5) is 0 Å². The number of aliphatic carboxylic acids is 1. The van der Waals surface area contributed by atoms with Gasteiger partial charge in [0.1, 0.15) is 12.4 Å². The molecule has 4 rings (SSSR count). The molecule has 1 fully saturated rings. The maximum atomic E-state index is 12.2. The van der Waals surface area contributed by atoms with Gasteiger partial charge in [-0.1, -0.05) is 35.9 Å². The highest BCUT2D eigenvalue weighted by Gasteiger charge is 2.30. The normalized spacial score (nSPS) is 14.1. The molecule has 2 aromatic carbocycles. The molecule has 1 N–H and O–H groups in total. The predicted molar refractivity (Wildman–Crippen MR) is 142 cm³/mol. The summed E-state index contributed by atoms with van der Waals surface area (Å²) in [5, 5.41) is 10.3. The van der Waals surface area contributed by atoms with Gasteiger partial charge < -0.3 is 14.4 Å². The summed E-state index contributed by atoms with van der Waals surface area (Å²) in [4.78, 5) is 38.2. The summed E-state index contributed by atoms with van der Waals surface area (Å²) in [6.07, 6.45) is 3.78. The van der Waals surface area contributed by atoms with Crippen molar-refractivity contribution in [3.05, 3.63) is 97.3 Å². The summed E-state index contributed by atoms with van der Waals surface area (Å²) in [6, 6.07) is 14.4. The van der Waals surface area contributed by atoms with E-state index in [1.165, 1.54) is 16.8 Å². The Morgan fingerprint density at radius 1 is 1.16 bits per heavy atom. The zero-order chi connectivity index (χ0) is 26.5. The van der Waals surface area contributed by atoms with Gasteiger partial charge in [-0.05, 0) is 60.6 Å². The second-order valence-corrected chi connectivity index (χ2v) is 10.1. The molecule has 0 unspecified atom stereocenters. The quantitative estimate of drug-likeness (QED) is 0.384. The second kappa shape index (κ2) is 11.8. The van der Waals surface area contributed by atoms with Crippen molar-refractivity contribution in [2.45, 2.75) is 45.3 Å². The third-order valence-corrected chi connectivity index (χ3v) is 6.94. The molecule has 1 saturated carbocycles. The predicted octanol–water partition coefficient (Wildman–Crippen LogP) is 4.02. The number of benzene rings is 2. The van der Waals surface area contributed by atoms with Crippen LogP contribution < -0.4 is 16.0 Å². The van der Waals surface area contributed by atoms with Gasteiger partial charge in [0.25, 0.3) is 5.56 Å². The van der Waals surface area contributed by atoms with Crippen LogP contribution in [0.3, 0.4) is 0 Å². The minimum absolute atomic E-state index is 0.00679. The Morgan fingerprint density at radius 2 is 1.89 bits per heavy atom. The topological polar surface area (TPSA) is 93.8 Å². The number of halogens is 1. The molecule has 0 aliphatic heterocycles. The van der Waals surface area contributed by atoms with Crippen LogP contribution in [0.15, 0.2) is 64.3 Å². The Labute approximate surface area is 220 Å². The van der Waals surface area contributed by atoms with Gasteiger partial charge in [0, 0.05) is 43.5 Å². The van der Waals surface area contributed by atoms with Gasteiger partial charge in [0.2, 0.25) is 0 Å². The van der Waals surface area contributed by atoms with E-state index in [4.69, 9.17) is 16.3 Å². The largest absolute Gasteiger partial charge is 0.491 e. The fourth-order valence-corrected chi connectivity index (χ4v) is 4.64. The summed E-state index contributed by atoms with van der Waals surface area (Å²) in [6.45, 7) is 3.73. The first-order valence-corrected chi connectivity index (χ1v) is 12.8. The summed E-state index contributed by atoms with van der Waals surface area (Å²) in [5.41, 5.74) is 2.19. The Morgan fingerprint density at radius 3 is 2.54 bits per heavy atom. The number of ether oxygens (including phenoxy) is 1. The number of aryl methyl sites for hydroxylation is 2. The molecule has 1 aliphatic rings. The van der Waals surface area contributed by atoms with Crippen molar-refractivity contribution in [3.8, 4) is 5.75 Å². The lowest BCUT2D eigenvalue weighted by Gasteiger charge is -2.32. The number of hydrogen-bond donors (Lipinski definition) is 1. The molecule has 37 heavy (non-hydrogen) atoms. The standard InChI is InChI=1S/C28H32ClN3O5/c1-19-15-21(5-10-25(19)37-14-13-32-26(33)11-12-30(2)28(32)36)18-31(17-20-3-4-20)24(16-27(34)35)22-6-8-23(29)9-7-22/h5-12,15,20,24H,3-4,13-14,16-18H2,1-2H3,(H,34,35)/t24-/m0/s1. The fraction of sp³-hybridized carbons (Fsp3) is 0.393. The summed E-state index contributed by atoms with van der Waals surface area (Å²) < 4.78 is 8.40. The number of nitrogens with zero attached hydrogens (tertiary/aromatic N) is 3. The number of carboxylic acids is 1. The average molecular weight is 526 g/mol. The van der Waals surface area contributed by atoms with Crippen molar-refractivity contribution in [2.24, 2.45) is 13.0 Å². The molecule has 0 saturated heterocycles. The van der Waals surface area contributed by atoms with Crippen molar-refractivity contribution in [1.29, 1.82) is 0 Å². The van der Waals surface area contributed by atoms with E-state index in [0.717, 1.165) is 40.6 Å². The van der Waals surface area contributed by atoms with Gasteiger partial charge >= 0.3 is 11.7 Å². The molecule has 1 aliphatic carbocycles. The molecule has 0 spiro atoms. The van der Waals surface area contributed by atoms with Crippen molar-refractivity contribution in [3.63, 3.8) is 0 Å². The van der Waals surface area contributed by atoms with Gasteiger partial charge in [0.15, 0.2) is 0 Å². The molecule has 9 heteroatoms. The van der Waals surface area contributed by atoms with Crippen molar-refractivity contribution < 1.29 is 14.6 Å². The third-order valence-electron chi connectivity index (χ3n) is 6.69. The first kappa shape index (κ1) is 26.7. The third kappa shape index (κ3) is 7.11. The van der Waals surface area contributed by atoms with E-state index in [2.05, 4.69) is 4.90 Å². The minimum atomic E-state index is -0.840. The molecular weight excluding hydrogens is 494 g/mol. The first-order chi connectivity index (χ1) is 17.7. The van der Waals surface area contributed by atoms with E-state index < -0.39 is 5.97 Å². The van der Waals surface area contributed by atoms with Gasteiger partial charge in [-0.15, -0.1) is 0 Å². The number of carbonyl (C=O) groups is 1.